The molecule has 5 heteroatoms. The zero-order valence-corrected chi connectivity index (χ0v) is 10.7. The van der Waals surface area contributed by atoms with Crippen molar-refractivity contribution in [3.63, 3.8) is 0 Å². The molecule has 0 bridgehead atoms. The number of furan rings is 1. The van der Waals surface area contributed by atoms with E-state index in [1.165, 1.54) is 12.1 Å². The van der Waals surface area contributed by atoms with Crippen molar-refractivity contribution in [3.05, 3.63) is 41.7 Å². The van der Waals surface area contributed by atoms with Crippen molar-refractivity contribution in [2.45, 2.75) is 13.3 Å². The third-order valence-electron chi connectivity index (χ3n) is 2.64. The Balaban J connectivity index is 2.24. The van der Waals surface area contributed by atoms with E-state index < -0.39 is 5.97 Å². The number of benzene rings is 1. The predicted molar refractivity (Wildman–Crippen MR) is 68.1 cm³/mol. The fourth-order valence-corrected chi connectivity index (χ4v) is 1.61. The summed E-state index contributed by atoms with van der Waals surface area (Å²) >= 11 is 0. The summed E-state index contributed by atoms with van der Waals surface area (Å²) in [5.41, 5.74) is 1.12. The molecule has 0 aliphatic rings. The van der Waals surface area contributed by atoms with Crippen LogP contribution in [0, 0.1) is 0 Å². The molecule has 5 nitrogen and oxygen atoms in total. The van der Waals surface area contributed by atoms with Gasteiger partial charge < -0.3 is 19.0 Å². The fraction of sp³-hybridized carbons (Fsp3) is 0.214. The second-order valence-corrected chi connectivity index (χ2v) is 3.86. The van der Waals surface area contributed by atoms with Gasteiger partial charge in [0.25, 0.3) is 5.95 Å². The number of hydrogen-bond donors (Lipinski definition) is 1. The molecule has 0 fully saturated rings. The van der Waals surface area contributed by atoms with Gasteiger partial charge in [0.15, 0.2) is 11.5 Å². The molecule has 0 saturated heterocycles. The van der Waals surface area contributed by atoms with E-state index in [9.17, 15) is 4.79 Å². The van der Waals surface area contributed by atoms with E-state index in [4.69, 9.17) is 19.0 Å². The monoisotopic (exact) mass is 262 g/mol. The maximum Gasteiger partial charge on any atom is 0.371 e. The molecular formula is C14H14O5. The van der Waals surface area contributed by atoms with Crippen LogP contribution < -0.4 is 9.47 Å². The molecule has 19 heavy (non-hydrogen) atoms. The summed E-state index contributed by atoms with van der Waals surface area (Å²) in [6.07, 6.45) is 0.889. The van der Waals surface area contributed by atoms with Crippen LogP contribution in [-0.2, 0) is 6.42 Å². The van der Waals surface area contributed by atoms with Crippen LogP contribution in [0.4, 0.5) is 0 Å². The molecule has 1 heterocycles. The van der Waals surface area contributed by atoms with Gasteiger partial charge in [-0.2, -0.15) is 0 Å². The SMILES string of the molecule is CCc1ccc(Oc2ccc(C(=O)O)o2)c(OC)c1. The third-order valence-corrected chi connectivity index (χ3v) is 2.64. The van der Waals surface area contributed by atoms with Crippen LogP contribution in [0.15, 0.2) is 34.7 Å². The maximum absolute atomic E-state index is 10.7. The Labute approximate surface area is 110 Å². The Morgan fingerprint density at radius 3 is 2.63 bits per heavy atom. The first-order chi connectivity index (χ1) is 9.13. The van der Waals surface area contributed by atoms with Gasteiger partial charge in [-0.05, 0) is 30.2 Å². The van der Waals surface area contributed by atoms with Gasteiger partial charge in [0, 0.05) is 6.07 Å². The summed E-state index contributed by atoms with van der Waals surface area (Å²) in [5, 5.41) is 8.76. The van der Waals surface area contributed by atoms with Gasteiger partial charge in [-0.25, -0.2) is 4.79 Å². The lowest BCUT2D eigenvalue weighted by Gasteiger charge is -2.09. The number of methoxy groups -OCH3 is 1. The van der Waals surface area contributed by atoms with Gasteiger partial charge in [0.05, 0.1) is 7.11 Å². The quantitative estimate of drug-likeness (QED) is 0.894. The summed E-state index contributed by atoms with van der Waals surface area (Å²) in [7, 11) is 1.55. The van der Waals surface area contributed by atoms with Gasteiger partial charge in [-0.15, -0.1) is 0 Å². The lowest BCUT2D eigenvalue weighted by atomic mass is 10.1. The smallest absolute Gasteiger partial charge is 0.371 e. The molecule has 0 unspecified atom stereocenters. The summed E-state index contributed by atoms with van der Waals surface area (Å²) in [4.78, 5) is 10.7. The number of carboxylic acids is 1. The molecule has 0 atom stereocenters. The third kappa shape index (κ3) is 2.88. The molecule has 0 radical (unpaired) electrons. The average Bonchev–Trinajstić information content (AvgIpc) is 2.88. The highest BCUT2D eigenvalue weighted by Crippen LogP contribution is 2.33. The van der Waals surface area contributed by atoms with E-state index in [1.807, 2.05) is 19.1 Å². The van der Waals surface area contributed by atoms with E-state index >= 15 is 0 Å². The second-order valence-electron chi connectivity index (χ2n) is 3.86. The van der Waals surface area contributed by atoms with Crippen molar-refractivity contribution < 1.29 is 23.8 Å². The van der Waals surface area contributed by atoms with Crippen LogP contribution in [-0.4, -0.2) is 18.2 Å². The first-order valence-corrected chi connectivity index (χ1v) is 5.82. The van der Waals surface area contributed by atoms with Crippen LogP contribution in [0.2, 0.25) is 0 Å². The minimum Gasteiger partial charge on any atom is -0.493 e. The Kier molecular flexibility index (Phi) is 3.75. The average molecular weight is 262 g/mol. The number of aryl methyl sites for hydroxylation is 1. The number of hydrogen-bond acceptors (Lipinski definition) is 4. The zero-order chi connectivity index (χ0) is 13.8. The van der Waals surface area contributed by atoms with Crippen molar-refractivity contribution >= 4 is 5.97 Å². The lowest BCUT2D eigenvalue weighted by Crippen LogP contribution is -1.93. The second kappa shape index (κ2) is 5.48. The minimum atomic E-state index is -1.14. The maximum atomic E-state index is 10.7. The molecule has 1 N–H and O–H groups in total. The summed E-state index contributed by atoms with van der Waals surface area (Å²) in [5.74, 6) is -0.138. The zero-order valence-electron chi connectivity index (χ0n) is 10.7. The van der Waals surface area contributed by atoms with E-state index in [0.717, 1.165) is 12.0 Å². The molecular weight excluding hydrogens is 248 g/mol. The van der Waals surface area contributed by atoms with Gasteiger partial charge in [-0.3, -0.25) is 0 Å². The molecule has 100 valence electrons. The molecule has 0 spiro atoms. The Bertz CT molecular complexity index is 585. The molecule has 0 saturated carbocycles. The van der Waals surface area contributed by atoms with E-state index in [0.29, 0.717) is 11.5 Å². The molecule has 1 aromatic carbocycles. The van der Waals surface area contributed by atoms with Crippen molar-refractivity contribution in [2.24, 2.45) is 0 Å². The minimum absolute atomic E-state index is 0.111. The predicted octanol–water partition coefficient (Wildman–Crippen LogP) is 3.34. The standard InChI is InChI=1S/C14H14O5/c1-3-9-4-5-10(12(8-9)17-2)18-13-7-6-11(19-13)14(15)16/h4-8H,3H2,1-2H3,(H,15,16). The first-order valence-electron chi connectivity index (χ1n) is 5.82. The van der Waals surface area contributed by atoms with Crippen molar-refractivity contribution in [1.29, 1.82) is 0 Å². The normalized spacial score (nSPS) is 10.2. The lowest BCUT2D eigenvalue weighted by molar-refractivity contribution is 0.0657. The molecule has 0 aliphatic carbocycles. The molecule has 1 aromatic heterocycles. The van der Waals surface area contributed by atoms with E-state index in [2.05, 4.69) is 0 Å². The van der Waals surface area contributed by atoms with Crippen LogP contribution >= 0.6 is 0 Å². The van der Waals surface area contributed by atoms with Crippen molar-refractivity contribution in [1.82, 2.24) is 0 Å². The number of carbonyl (C=O) groups is 1. The van der Waals surface area contributed by atoms with Gasteiger partial charge >= 0.3 is 5.97 Å². The van der Waals surface area contributed by atoms with Crippen LogP contribution in [0.3, 0.4) is 0 Å². The highest BCUT2D eigenvalue weighted by atomic mass is 16.6. The highest BCUT2D eigenvalue weighted by Gasteiger charge is 2.12. The van der Waals surface area contributed by atoms with Crippen LogP contribution in [0.5, 0.6) is 17.4 Å². The Morgan fingerprint density at radius 1 is 1.26 bits per heavy atom. The summed E-state index contributed by atoms with van der Waals surface area (Å²) < 4.78 is 15.7. The fourth-order valence-electron chi connectivity index (χ4n) is 1.61. The van der Waals surface area contributed by atoms with Gasteiger partial charge in [-0.1, -0.05) is 13.0 Å². The summed E-state index contributed by atoms with van der Waals surface area (Å²) in [6, 6.07) is 8.34. The van der Waals surface area contributed by atoms with Crippen molar-refractivity contribution in [2.75, 3.05) is 7.11 Å². The van der Waals surface area contributed by atoms with Crippen LogP contribution in [0.25, 0.3) is 0 Å². The highest BCUT2D eigenvalue weighted by molar-refractivity contribution is 5.84. The van der Waals surface area contributed by atoms with E-state index in [1.54, 1.807) is 13.2 Å². The van der Waals surface area contributed by atoms with Crippen LogP contribution in [0.1, 0.15) is 23.0 Å². The number of aromatic carboxylic acids is 1. The summed E-state index contributed by atoms with van der Waals surface area (Å²) in [6.45, 7) is 2.04. The topological polar surface area (TPSA) is 68.9 Å². The number of carboxylic acid groups (broad SMARTS) is 1. The molecule has 0 aliphatic heterocycles. The molecule has 0 amide bonds. The van der Waals surface area contributed by atoms with Crippen molar-refractivity contribution in [3.8, 4) is 17.4 Å². The number of rotatable bonds is 5. The van der Waals surface area contributed by atoms with Gasteiger partial charge in [0.2, 0.25) is 5.76 Å². The van der Waals surface area contributed by atoms with Gasteiger partial charge in [0.1, 0.15) is 0 Å². The largest absolute Gasteiger partial charge is 0.493 e. The molecule has 2 aromatic rings. The Hall–Kier alpha value is -2.43. The van der Waals surface area contributed by atoms with E-state index in [-0.39, 0.29) is 11.7 Å². The molecule has 2 rings (SSSR count). The first kappa shape index (κ1) is 13.0. The Morgan fingerprint density at radius 2 is 2.05 bits per heavy atom. The number of ether oxygens (including phenoxy) is 2.